The van der Waals surface area contributed by atoms with Crippen LogP contribution in [0.5, 0.6) is 0 Å². The molecule has 6 heteroatoms. The highest BCUT2D eigenvalue weighted by atomic mass is 16.2. The second-order valence-corrected chi connectivity index (χ2v) is 5.19. The van der Waals surface area contributed by atoms with Gasteiger partial charge in [0.25, 0.3) is 0 Å². The second-order valence-electron chi connectivity index (χ2n) is 5.19. The van der Waals surface area contributed by atoms with Gasteiger partial charge in [-0.3, -0.25) is 4.79 Å². The molecule has 1 unspecified atom stereocenters. The number of carbonyl (C=O) groups is 1. The molecule has 0 fully saturated rings. The molecule has 0 saturated heterocycles. The van der Waals surface area contributed by atoms with Crippen molar-refractivity contribution in [3.8, 4) is 0 Å². The van der Waals surface area contributed by atoms with Crippen LogP contribution in [-0.2, 0) is 24.3 Å². The number of nitrogens with one attached hydrogen (secondary N) is 1. The summed E-state index contributed by atoms with van der Waals surface area (Å²) in [6.07, 6.45) is 2.13. The summed E-state index contributed by atoms with van der Waals surface area (Å²) in [6.45, 7) is 7.13. The second kappa shape index (κ2) is 6.14. The quantitative estimate of drug-likeness (QED) is 0.810. The first-order valence-electron chi connectivity index (χ1n) is 7.00. The Bertz CT molecular complexity index is 442. The predicted octanol–water partition coefficient (Wildman–Crippen LogP) is 0.428. The van der Waals surface area contributed by atoms with Crippen LogP contribution >= 0.6 is 0 Å². The summed E-state index contributed by atoms with van der Waals surface area (Å²) < 4.78 is 2.14. The molecule has 1 aliphatic rings. The normalized spacial score (nSPS) is 15.3. The Morgan fingerprint density at radius 1 is 1.53 bits per heavy atom. The van der Waals surface area contributed by atoms with Crippen molar-refractivity contribution < 1.29 is 4.79 Å². The molecule has 1 aromatic rings. The van der Waals surface area contributed by atoms with Gasteiger partial charge in [-0.25, -0.2) is 0 Å². The molecule has 1 aliphatic heterocycles. The Hall–Kier alpha value is -1.43. The van der Waals surface area contributed by atoms with Crippen LogP contribution in [0.25, 0.3) is 0 Å². The summed E-state index contributed by atoms with van der Waals surface area (Å²) in [7, 11) is 1.83. The molecule has 1 N–H and O–H groups in total. The first-order chi connectivity index (χ1) is 9.13. The third-order valence-corrected chi connectivity index (χ3v) is 3.56. The molecule has 1 atom stereocenters. The SMILES string of the molecule is CCNCC(C)C(=O)N(C)Cc1nnc2n1CCC2. The summed E-state index contributed by atoms with van der Waals surface area (Å²) in [5, 5.41) is 11.6. The van der Waals surface area contributed by atoms with Gasteiger partial charge >= 0.3 is 0 Å². The highest BCUT2D eigenvalue weighted by Gasteiger charge is 2.22. The zero-order valence-corrected chi connectivity index (χ0v) is 12.0. The fourth-order valence-corrected chi connectivity index (χ4v) is 2.44. The Morgan fingerprint density at radius 2 is 2.32 bits per heavy atom. The molecule has 0 bridgehead atoms. The van der Waals surface area contributed by atoms with Gasteiger partial charge in [-0.15, -0.1) is 10.2 Å². The Morgan fingerprint density at radius 3 is 3.05 bits per heavy atom. The fourth-order valence-electron chi connectivity index (χ4n) is 2.44. The minimum absolute atomic E-state index is 0.00841. The predicted molar refractivity (Wildman–Crippen MR) is 72.5 cm³/mol. The van der Waals surface area contributed by atoms with Crippen LogP contribution < -0.4 is 5.32 Å². The molecule has 1 amide bonds. The molecule has 0 saturated carbocycles. The van der Waals surface area contributed by atoms with Gasteiger partial charge in [0.15, 0.2) is 5.82 Å². The van der Waals surface area contributed by atoms with E-state index in [1.807, 2.05) is 20.9 Å². The van der Waals surface area contributed by atoms with Crippen LogP contribution in [0.1, 0.15) is 31.9 Å². The minimum atomic E-state index is -0.00841. The highest BCUT2D eigenvalue weighted by Crippen LogP contribution is 2.15. The molecule has 19 heavy (non-hydrogen) atoms. The first-order valence-corrected chi connectivity index (χ1v) is 7.00. The maximum absolute atomic E-state index is 12.2. The number of carbonyl (C=O) groups excluding carboxylic acids is 1. The van der Waals surface area contributed by atoms with Crippen LogP contribution in [0.15, 0.2) is 0 Å². The monoisotopic (exact) mass is 265 g/mol. The lowest BCUT2D eigenvalue weighted by molar-refractivity contribution is -0.134. The van der Waals surface area contributed by atoms with E-state index in [4.69, 9.17) is 0 Å². The number of nitrogens with zero attached hydrogens (tertiary/aromatic N) is 4. The van der Waals surface area contributed by atoms with Crippen molar-refractivity contribution in [1.29, 1.82) is 0 Å². The maximum atomic E-state index is 12.2. The molecule has 2 heterocycles. The van der Waals surface area contributed by atoms with Gasteiger partial charge in [-0.1, -0.05) is 13.8 Å². The molecule has 1 aromatic heterocycles. The molecule has 106 valence electrons. The topological polar surface area (TPSA) is 63.1 Å². The number of aryl methyl sites for hydroxylation is 1. The molecule has 0 aromatic carbocycles. The van der Waals surface area contributed by atoms with Gasteiger partial charge in [0.1, 0.15) is 5.82 Å². The van der Waals surface area contributed by atoms with E-state index in [2.05, 4.69) is 20.1 Å². The zero-order valence-electron chi connectivity index (χ0n) is 12.0. The lowest BCUT2D eigenvalue weighted by Crippen LogP contribution is -2.36. The summed E-state index contributed by atoms with van der Waals surface area (Å²) in [4.78, 5) is 14.0. The van der Waals surface area contributed by atoms with Gasteiger partial charge in [-0.05, 0) is 13.0 Å². The first kappa shape index (κ1) is 14.0. The summed E-state index contributed by atoms with van der Waals surface area (Å²) >= 11 is 0. The standard InChI is InChI=1S/C13H23N5O/c1-4-14-8-10(2)13(19)17(3)9-12-16-15-11-6-5-7-18(11)12/h10,14H,4-9H2,1-3H3. The van der Waals surface area contributed by atoms with Crippen molar-refractivity contribution in [3.63, 3.8) is 0 Å². The van der Waals surface area contributed by atoms with Gasteiger partial charge in [0, 0.05) is 32.5 Å². The summed E-state index contributed by atoms with van der Waals surface area (Å²) in [5.74, 6) is 2.10. The Balaban J connectivity index is 1.93. The van der Waals surface area contributed by atoms with E-state index in [0.29, 0.717) is 6.54 Å². The van der Waals surface area contributed by atoms with Crippen LogP contribution in [0, 0.1) is 5.92 Å². The lowest BCUT2D eigenvalue weighted by atomic mass is 10.1. The average molecular weight is 265 g/mol. The smallest absolute Gasteiger partial charge is 0.226 e. The van der Waals surface area contributed by atoms with Crippen molar-refractivity contribution in [2.24, 2.45) is 5.92 Å². The molecule has 2 rings (SSSR count). The number of fused-ring (bicyclic) bond motifs is 1. The number of hydrogen-bond donors (Lipinski definition) is 1. The van der Waals surface area contributed by atoms with E-state index < -0.39 is 0 Å². The van der Waals surface area contributed by atoms with Crippen LogP contribution in [0.3, 0.4) is 0 Å². The average Bonchev–Trinajstić information content (AvgIpc) is 2.99. The molecule has 0 spiro atoms. The number of amides is 1. The minimum Gasteiger partial charge on any atom is -0.338 e. The van der Waals surface area contributed by atoms with E-state index >= 15 is 0 Å². The van der Waals surface area contributed by atoms with E-state index in [9.17, 15) is 4.79 Å². The van der Waals surface area contributed by atoms with Crippen molar-refractivity contribution in [1.82, 2.24) is 25.0 Å². The molecule has 0 aliphatic carbocycles. The maximum Gasteiger partial charge on any atom is 0.226 e. The number of rotatable bonds is 6. The van der Waals surface area contributed by atoms with Crippen molar-refractivity contribution in [3.05, 3.63) is 11.6 Å². The van der Waals surface area contributed by atoms with Crippen molar-refractivity contribution in [2.45, 2.75) is 39.8 Å². The van der Waals surface area contributed by atoms with Gasteiger partial charge < -0.3 is 14.8 Å². The molecular formula is C13H23N5O. The summed E-state index contributed by atoms with van der Waals surface area (Å²) in [6, 6.07) is 0. The van der Waals surface area contributed by atoms with E-state index in [1.165, 1.54) is 0 Å². The van der Waals surface area contributed by atoms with Gasteiger partial charge in [0.05, 0.1) is 6.54 Å². The largest absolute Gasteiger partial charge is 0.338 e. The Labute approximate surface area is 114 Å². The van der Waals surface area contributed by atoms with Gasteiger partial charge in [0.2, 0.25) is 5.91 Å². The number of aromatic nitrogens is 3. The van der Waals surface area contributed by atoms with E-state index in [1.54, 1.807) is 4.90 Å². The molecular weight excluding hydrogens is 242 g/mol. The van der Waals surface area contributed by atoms with E-state index in [0.717, 1.165) is 44.1 Å². The number of hydrogen-bond acceptors (Lipinski definition) is 4. The molecule has 0 radical (unpaired) electrons. The van der Waals surface area contributed by atoms with Crippen molar-refractivity contribution >= 4 is 5.91 Å². The van der Waals surface area contributed by atoms with Crippen LogP contribution in [0.4, 0.5) is 0 Å². The molecule has 6 nitrogen and oxygen atoms in total. The zero-order chi connectivity index (χ0) is 13.8. The fraction of sp³-hybridized carbons (Fsp3) is 0.769. The van der Waals surface area contributed by atoms with Crippen LogP contribution in [-0.4, -0.2) is 45.7 Å². The summed E-state index contributed by atoms with van der Waals surface area (Å²) in [5.41, 5.74) is 0. The van der Waals surface area contributed by atoms with E-state index in [-0.39, 0.29) is 11.8 Å². The Kier molecular flexibility index (Phi) is 4.52. The van der Waals surface area contributed by atoms with Crippen molar-refractivity contribution in [2.75, 3.05) is 20.1 Å². The third-order valence-electron chi connectivity index (χ3n) is 3.56. The third kappa shape index (κ3) is 3.12. The van der Waals surface area contributed by atoms with Crippen LogP contribution in [0.2, 0.25) is 0 Å². The highest BCUT2D eigenvalue weighted by molar-refractivity contribution is 5.78. The van der Waals surface area contributed by atoms with Gasteiger partial charge in [-0.2, -0.15) is 0 Å². The lowest BCUT2D eigenvalue weighted by Gasteiger charge is -2.21.